The van der Waals surface area contributed by atoms with Gasteiger partial charge < -0.3 is 20.4 Å². The highest BCUT2D eigenvalue weighted by Gasteiger charge is 2.37. The molecule has 2 aromatic carbocycles. The van der Waals surface area contributed by atoms with E-state index in [1.54, 1.807) is 0 Å². The maximum Gasteiger partial charge on any atom is 0.272 e. The highest BCUT2D eigenvalue weighted by Crippen LogP contribution is 2.47. The molecule has 1 aliphatic carbocycles. The number of piperazine rings is 1. The topological polar surface area (TPSA) is 110 Å². The number of nitrogens with zero attached hydrogens (tertiary/aromatic N) is 3. The van der Waals surface area contributed by atoms with Crippen LogP contribution in [-0.4, -0.2) is 65.0 Å². The molecule has 1 saturated heterocycles. The molecule has 0 saturated carbocycles. The van der Waals surface area contributed by atoms with Crippen LogP contribution in [0.25, 0.3) is 10.8 Å². The normalized spacial score (nSPS) is 21.8. The van der Waals surface area contributed by atoms with E-state index in [4.69, 9.17) is 0 Å². The number of allylic oxidation sites excluding steroid dienone is 2. The van der Waals surface area contributed by atoms with E-state index in [1.165, 1.54) is 5.56 Å². The van der Waals surface area contributed by atoms with Crippen molar-refractivity contribution in [1.29, 1.82) is 0 Å². The van der Waals surface area contributed by atoms with E-state index >= 15 is 0 Å². The molecule has 3 unspecified atom stereocenters. The number of anilines is 1. The summed E-state index contributed by atoms with van der Waals surface area (Å²) in [5.74, 6) is -0.190. The van der Waals surface area contributed by atoms with Crippen molar-refractivity contribution in [2.45, 2.75) is 38.8 Å². The third-order valence-corrected chi connectivity index (χ3v) is 8.70. The molecule has 3 atom stereocenters. The first-order valence-corrected chi connectivity index (χ1v) is 14.8. The van der Waals surface area contributed by atoms with Gasteiger partial charge in [0.15, 0.2) is 0 Å². The molecule has 1 aromatic heterocycles. The molecule has 42 heavy (non-hydrogen) atoms. The minimum absolute atomic E-state index is 0.0355. The first-order chi connectivity index (χ1) is 20.4. The van der Waals surface area contributed by atoms with E-state index in [1.807, 2.05) is 55.0 Å². The molecule has 218 valence electrons. The van der Waals surface area contributed by atoms with Gasteiger partial charge >= 0.3 is 0 Å². The van der Waals surface area contributed by atoms with Crippen molar-refractivity contribution in [2.75, 3.05) is 38.5 Å². The molecule has 0 bridgehead atoms. The monoisotopic (exact) mass is 566 g/mol. The zero-order valence-corrected chi connectivity index (χ0v) is 24.4. The number of carbonyl (C=O) groups is 2. The predicted octanol–water partition coefficient (Wildman–Crippen LogP) is 3.72. The summed E-state index contributed by atoms with van der Waals surface area (Å²) >= 11 is 0. The van der Waals surface area contributed by atoms with Crippen molar-refractivity contribution in [3.63, 3.8) is 0 Å². The summed E-state index contributed by atoms with van der Waals surface area (Å²) in [5.41, 5.74) is 4.90. The van der Waals surface area contributed by atoms with Crippen LogP contribution in [0, 0.1) is 11.8 Å². The molecule has 9 nitrogen and oxygen atoms in total. The maximum atomic E-state index is 13.4. The number of nitrogens with one attached hydrogen (secondary N) is 3. The third kappa shape index (κ3) is 5.13. The van der Waals surface area contributed by atoms with Crippen LogP contribution in [0.15, 0.2) is 71.1 Å². The van der Waals surface area contributed by atoms with Gasteiger partial charge in [0.1, 0.15) is 0 Å². The van der Waals surface area contributed by atoms with Crippen LogP contribution in [0.5, 0.6) is 0 Å². The van der Waals surface area contributed by atoms with E-state index in [9.17, 15) is 14.4 Å². The molecule has 0 radical (unpaired) electrons. The Morgan fingerprint density at radius 3 is 2.45 bits per heavy atom. The van der Waals surface area contributed by atoms with E-state index in [2.05, 4.69) is 57.2 Å². The van der Waals surface area contributed by atoms with Crippen LogP contribution in [-0.2, 0) is 16.1 Å². The van der Waals surface area contributed by atoms with Crippen molar-refractivity contribution in [2.24, 2.45) is 11.8 Å². The summed E-state index contributed by atoms with van der Waals surface area (Å²) in [4.78, 5) is 42.2. The van der Waals surface area contributed by atoms with Gasteiger partial charge in [-0.3, -0.25) is 14.4 Å². The number of hydrogen-bond donors (Lipinski definition) is 3. The molecule has 2 amide bonds. The fourth-order valence-corrected chi connectivity index (χ4v) is 6.47. The van der Waals surface area contributed by atoms with Crippen LogP contribution in [0.2, 0.25) is 0 Å². The molecule has 3 aliphatic rings. The summed E-state index contributed by atoms with van der Waals surface area (Å²) in [6, 6.07) is 14.2. The predicted molar refractivity (Wildman–Crippen MR) is 164 cm³/mol. The lowest BCUT2D eigenvalue weighted by molar-refractivity contribution is -0.142. The number of amides is 2. The SMILES string of the molecule is CNCc1ccc(C2Nc3cccc4c(=O)[nH]nc(c34)C2C2=CCC(C(=O)N3CCN(C(=O)C(C)C)CC3)C=C2)cc1. The summed E-state index contributed by atoms with van der Waals surface area (Å²) in [7, 11) is 1.93. The minimum Gasteiger partial charge on any atom is -0.377 e. The van der Waals surface area contributed by atoms with Crippen LogP contribution < -0.4 is 16.2 Å². The second-order valence-electron chi connectivity index (χ2n) is 11.7. The second-order valence-corrected chi connectivity index (χ2v) is 11.7. The number of aromatic amines is 1. The molecule has 1 fully saturated rings. The van der Waals surface area contributed by atoms with Crippen molar-refractivity contribution in [3.8, 4) is 0 Å². The van der Waals surface area contributed by atoms with E-state index < -0.39 is 0 Å². The second kappa shape index (κ2) is 11.6. The summed E-state index contributed by atoms with van der Waals surface area (Å²) in [5, 5.41) is 15.7. The number of benzene rings is 2. The lowest BCUT2D eigenvalue weighted by Gasteiger charge is -2.38. The third-order valence-electron chi connectivity index (χ3n) is 8.70. The van der Waals surface area contributed by atoms with Crippen molar-refractivity contribution >= 4 is 28.3 Å². The largest absolute Gasteiger partial charge is 0.377 e. The Hall–Kier alpha value is -4.24. The van der Waals surface area contributed by atoms with E-state index in [0.29, 0.717) is 38.0 Å². The Balaban J connectivity index is 1.27. The lowest BCUT2D eigenvalue weighted by atomic mass is 9.77. The summed E-state index contributed by atoms with van der Waals surface area (Å²) in [6.07, 6.45) is 6.82. The first kappa shape index (κ1) is 27.9. The van der Waals surface area contributed by atoms with Gasteiger partial charge in [0, 0.05) is 49.7 Å². The highest BCUT2D eigenvalue weighted by molar-refractivity contribution is 5.97. The van der Waals surface area contributed by atoms with Crippen LogP contribution >= 0.6 is 0 Å². The number of hydrogen-bond acceptors (Lipinski definition) is 6. The first-order valence-electron chi connectivity index (χ1n) is 14.8. The highest BCUT2D eigenvalue weighted by atomic mass is 16.2. The number of H-pyrrole nitrogens is 1. The van der Waals surface area contributed by atoms with Crippen molar-refractivity contribution < 1.29 is 9.59 Å². The Morgan fingerprint density at radius 2 is 1.79 bits per heavy atom. The van der Waals surface area contributed by atoms with Gasteiger partial charge in [-0.2, -0.15) is 5.10 Å². The molecule has 2 aliphatic heterocycles. The zero-order chi connectivity index (χ0) is 29.4. The number of aromatic nitrogens is 2. The standard InChI is InChI=1S/C33H38N6O3/c1-20(2)32(41)38-15-17-39(18-16-38)33(42)24-13-11-22(12-14-24)27-29(23-9-7-21(8-10-23)19-34-3)35-26-6-4-5-25-28(26)30(27)36-37-31(25)40/h4-13,20,24,27,29,34-35H,14-19H2,1-3H3,(H,37,40). The summed E-state index contributed by atoms with van der Waals surface area (Å²) in [6.45, 7) is 6.90. The van der Waals surface area contributed by atoms with Crippen LogP contribution in [0.4, 0.5) is 5.69 Å². The van der Waals surface area contributed by atoms with Gasteiger partial charge in [-0.05, 0) is 42.3 Å². The Kier molecular flexibility index (Phi) is 7.68. The Bertz CT molecular complexity index is 1610. The molecule has 9 heteroatoms. The van der Waals surface area contributed by atoms with Gasteiger partial charge in [0.2, 0.25) is 11.8 Å². The molecule has 0 spiro atoms. The van der Waals surface area contributed by atoms with E-state index in [-0.39, 0.29) is 41.2 Å². The Labute approximate surface area is 245 Å². The minimum atomic E-state index is -0.243. The smallest absolute Gasteiger partial charge is 0.272 e. The maximum absolute atomic E-state index is 13.4. The van der Waals surface area contributed by atoms with Gasteiger partial charge in [-0.1, -0.05) is 62.4 Å². The number of carbonyl (C=O) groups excluding carboxylic acids is 2. The van der Waals surface area contributed by atoms with Crippen molar-refractivity contribution in [3.05, 3.63) is 93.4 Å². The molecule has 3 N–H and O–H groups in total. The van der Waals surface area contributed by atoms with E-state index in [0.717, 1.165) is 34.4 Å². The van der Waals surface area contributed by atoms with Crippen molar-refractivity contribution in [1.82, 2.24) is 25.3 Å². The number of rotatable bonds is 6. The summed E-state index contributed by atoms with van der Waals surface area (Å²) < 4.78 is 0. The van der Waals surface area contributed by atoms with Crippen LogP contribution in [0.1, 0.15) is 49.0 Å². The average molecular weight is 567 g/mol. The average Bonchev–Trinajstić information content (AvgIpc) is 3.02. The van der Waals surface area contributed by atoms with Gasteiger partial charge in [-0.15, -0.1) is 0 Å². The quantitative estimate of drug-likeness (QED) is 0.420. The molecule has 6 rings (SSSR count). The fourth-order valence-electron chi connectivity index (χ4n) is 6.47. The van der Waals surface area contributed by atoms with Crippen LogP contribution in [0.3, 0.4) is 0 Å². The molecule has 3 heterocycles. The lowest BCUT2D eigenvalue weighted by Crippen LogP contribution is -2.52. The Morgan fingerprint density at radius 1 is 1.05 bits per heavy atom. The zero-order valence-electron chi connectivity index (χ0n) is 24.4. The molecular weight excluding hydrogens is 528 g/mol. The van der Waals surface area contributed by atoms with Gasteiger partial charge in [-0.25, -0.2) is 5.10 Å². The fraction of sp³-hybridized carbons (Fsp3) is 0.394. The molecule has 3 aromatic rings. The van der Waals surface area contributed by atoms with Gasteiger partial charge in [0.05, 0.1) is 29.0 Å². The van der Waals surface area contributed by atoms with Gasteiger partial charge in [0.25, 0.3) is 5.56 Å². The molecular formula is C33H38N6O3.